The Morgan fingerprint density at radius 2 is 1.65 bits per heavy atom. The number of imide groups is 1. The van der Waals surface area contributed by atoms with Crippen LogP contribution in [-0.2, 0) is 28.1 Å². The summed E-state index contributed by atoms with van der Waals surface area (Å²) < 4.78 is 2.05. The van der Waals surface area contributed by atoms with E-state index >= 15 is 0 Å². The Hall–Kier alpha value is -3.66. The summed E-state index contributed by atoms with van der Waals surface area (Å²) in [7, 11) is 0. The van der Waals surface area contributed by atoms with Crippen LogP contribution in [0.5, 0.6) is 0 Å². The van der Waals surface area contributed by atoms with Crippen LogP contribution in [0.25, 0.3) is 0 Å². The van der Waals surface area contributed by atoms with Crippen molar-refractivity contribution in [1.29, 1.82) is 0 Å². The molecule has 2 aliphatic rings. The van der Waals surface area contributed by atoms with E-state index in [0.717, 1.165) is 43.1 Å². The molecule has 1 aromatic heterocycles. The maximum atomic E-state index is 13.6. The molecular formula is C24H24N6O3S. The number of aromatic nitrogens is 3. The van der Waals surface area contributed by atoms with E-state index in [2.05, 4.69) is 25.5 Å². The van der Waals surface area contributed by atoms with Crippen LogP contribution in [0.15, 0.2) is 65.8 Å². The number of urea groups is 1. The highest BCUT2D eigenvalue weighted by Gasteiger charge is 2.54. The van der Waals surface area contributed by atoms with E-state index < -0.39 is 23.4 Å². The number of nitrogens with zero attached hydrogens (tertiary/aromatic N) is 4. The molecule has 1 fully saturated rings. The van der Waals surface area contributed by atoms with Crippen molar-refractivity contribution in [3.63, 3.8) is 0 Å². The smallest absolute Gasteiger partial charge is 0.314 e. The van der Waals surface area contributed by atoms with Crippen molar-refractivity contribution in [2.45, 2.75) is 42.9 Å². The number of aryl methyl sites for hydroxylation is 1. The third kappa shape index (κ3) is 3.94. The van der Waals surface area contributed by atoms with E-state index in [0.29, 0.717) is 16.3 Å². The molecule has 3 heterocycles. The monoisotopic (exact) mass is 476 g/mol. The average Bonchev–Trinajstić information content (AvgIpc) is 3.25. The number of nitrogens with one attached hydrogen (secondary N) is 2. The van der Waals surface area contributed by atoms with Crippen LogP contribution in [-0.4, -0.2) is 43.4 Å². The minimum atomic E-state index is -1.43. The Bertz CT molecular complexity index is 1170. The van der Waals surface area contributed by atoms with E-state index in [9.17, 15) is 14.4 Å². The van der Waals surface area contributed by atoms with Gasteiger partial charge in [-0.15, -0.1) is 10.2 Å². The van der Waals surface area contributed by atoms with Crippen LogP contribution in [0.2, 0.25) is 0 Å². The van der Waals surface area contributed by atoms with Gasteiger partial charge in [0.15, 0.2) is 10.7 Å². The molecule has 0 saturated carbocycles. The first-order chi connectivity index (χ1) is 16.6. The van der Waals surface area contributed by atoms with E-state index in [-0.39, 0.29) is 5.75 Å². The van der Waals surface area contributed by atoms with Gasteiger partial charge in [-0.1, -0.05) is 78.8 Å². The normalized spacial score (nSPS) is 17.1. The van der Waals surface area contributed by atoms with Crippen molar-refractivity contribution < 1.29 is 14.4 Å². The van der Waals surface area contributed by atoms with Crippen molar-refractivity contribution >= 4 is 29.6 Å². The van der Waals surface area contributed by atoms with Crippen LogP contribution in [0.1, 0.15) is 36.2 Å². The van der Waals surface area contributed by atoms with Crippen molar-refractivity contribution in [3.05, 3.63) is 77.6 Å². The first kappa shape index (κ1) is 22.1. The number of rotatable bonds is 6. The molecule has 0 atom stereocenters. The number of hydrazine groups is 1. The number of benzene rings is 2. The Morgan fingerprint density at radius 1 is 0.971 bits per heavy atom. The third-order valence-electron chi connectivity index (χ3n) is 6.08. The number of amides is 4. The minimum Gasteiger partial charge on any atom is -0.314 e. The predicted octanol–water partition coefficient (Wildman–Crippen LogP) is 2.62. The van der Waals surface area contributed by atoms with Crippen molar-refractivity contribution in [3.8, 4) is 0 Å². The first-order valence-corrected chi connectivity index (χ1v) is 12.2. The molecule has 3 aromatic rings. The quantitative estimate of drug-likeness (QED) is 0.418. The van der Waals surface area contributed by atoms with Crippen LogP contribution in [0.4, 0.5) is 4.79 Å². The molecule has 0 spiro atoms. The minimum absolute atomic E-state index is 0.00112. The summed E-state index contributed by atoms with van der Waals surface area (Å²) in [6.45, 7) is 0.829. The van der Waals surface area contributed by atoms with Crippen molar-refractivity contribution in [1.82, 2.24) is 30.5 Å². The Morgan fingerprint density at radius 3 is 2.32 bits per heavy atom. The third-order valence-corrected chi connectivity index (χ3v) is 7.05. The van der Waals surface area contributed by atoms with Gasteiger partial charge < -0.3 is 9.88 Å². The van der Waals surface area contributed by atoms with E-state index in [1.807, 2.05) is 12.1 Å². The molecule has 10 heteroatoms. The van der Waals surface area contributed by atoms with Crippen LogP contribution in [0, 0.1) is 0 Å². The lowest BCUT2D eigenvalue weighted by Gasteiger charge is -2.27. The van der Waals surface area contributed by atoms with Crippen LogP contribution in [0.3, 0.4) is 0 Å². The number of hydrogen-bond acceptors (Lipinski definition) is 6. The zero-order valence-corrected chi connectivity index (χ0v) is 19.3. The molecular weight excluding hydrogens is 452 g/mol. The lowest BCUT2D eigenvalue weighted by Crippen LogP contribution is -2.49. The molecule has 0 unspecified atom stereocenters. The fraction of sp³-hybridized carbons (Fsp3) is 0.292. The summed E-state index contributed by atoms with van der Waals surface area (Å²) in [5.41, 5.74) is 2.27. The average molecular weight is 477 g/mol. The number of carbonyl (C=O) groups is 3. The number of hydrogen-bond donors (Lipinski definition) is 2. The fourth-order valence-electron chi connectivity index (χ4n) is 4.42. The summed E-state index contributed by atoms with van der Waals surface area (Å²) in [4.78, 5) is 39.3. The lowest BCUT2D eigenvalue weighted by atomic mass is 9.83. The molecule has 2 N–H and O–H groups in total. The van der Waals surface area contributed by atoms with Gasteiger partial charge in [0.1, 0.15) is 5.82 Å². The molecule has 0 bridgehead atoms. The molecule has 0 radical (unpaired) electrons. The largest absolute Gasteiger partial charge is 0.344 e. The molecule has 9 nitrogen and oxygen atoms in total. The summed E-state index contributed by atoms with van der Waals surface area (Å²) in [5, 5.41) is 12.7. The number of thioether (sulfide) groups is 1. The highest BCUT2D eigenvalue weighted by molar-refractivity contribution is 7.99. The second kappa shape index (κ2) is 9.30. The molecule has 34 heavy (non-hydrogen) atoms. The lowest BCUT2D eigenvalue weighted by molar-refractivity contribution is -0.137. The standard InChI is InChI=1S/C24H24N6O3S/c31-20(16-34-23-27-26-19-14-8-3-9-15-29(19)23)28-30-21(32)24(25-22(30)33,17-10-4-1-5-11-17)18-12-6-2-7-13-18/h1-2,4-7,10-13H,3,8-9,14-16H2,(H,25,33)(H,28,31). The second-order valence-electron chi connectivity index (χ2n) is 8.24. The van der Waals surface area contributed by atoms with Gasteiger partial charge in [-0.2, -0.15) is 5.01 Å². The van der Waals surface area contributed by atoms with E-state index in [4.69, 9.17) is 0 Å². The topological polar surface area (TPSA) is 109 Å². The fourth-order valence-corrected chi connectivity index (χ4v) is 5.19. The van der Waals surface area contributed by atoms with Gasteiger partial charge in [-0.25, -0.2) is 4.79 Å². The zero-order valence-electron chi connectivity index (χ0n) is 18.4. The van der Waals surface area contributed by atoms with Crippen LogP contribution < -0.4 is 10.7 Å². The van der Waals surface area contributed by atoms with Gasteiger partial charge in [-0.3, -0.25) is 15.0 Å². The van der Waals surface area contributed by atoms with Crippen LogP contribution >= 0.6 is 11.8 Å². The summed E-state index contributed by atoms with van der Waals surface area (Å²) in [6.07, 6.45) is 4.16. The predicted molar refractivity (Wildman–Crippen MR) is 125 cm³/mol. The first-order valence-electron chi connectivity index (χ1n) is 11.2. The van der Waals surface area contributed by atoms with Gasteiger partial charge >= 0.3 is 6.03 Å². The highest BCUT2D eigenvalue weighted by Crippen LogP contribution is 2.35. The number of fused-ring (bicyclic) bond motifs is 1. The molecule has 5 rings (SSSR count). The van der Waals surface area contributed by atoms with Gasteiger partial charge in [0.25, 0.3) is 5.91 Å². The molecule has 174 valence electrons. The molecule has 4 amide bonds. The maximum absolute atomic E-state index is 13.6. The second-order valence-corrected chi connectivity index (χ2v) is 9.18. The molecule has 1 saturated heterocycles. The van der Waals surface area contributed by atoms with Crippen molar-refractivity contribution in [2.24, 2.45) is 0 Å². The van der Waals surface area contributed by atoms with E-state index in [1.54, 1.807) is 48.5 Å². The maximum Gasteiger partial charge on any atom is 0.344 e. The Balaban J connectivity index is 1.34. The van der Waals surface area contributed by atoms with Gasteiger partial charge in [0.2, 0.25) is 5.91 Å². The summed E-state index contributed by atoms with van der Waals surface area (Å²) in [5.74, 6) is -0.107. The Labute approximate surface area is 200 Å². The number of carbonyl (C=O) groups excluding carboxylic acids is 3. The van der Waals surface area contributed by atoms with Gasteiger partial charge in [0, 0.05) is 13.0 Å². The molecule has 2 aromatic carbocycles. The Kier molecular flexibility index (Phi) is 6.06. The van der Waals surface area contributed by atoms with Crippen molar-refractivity contribution in [2.75, 3.05) is 5.75 Å². The van der Waals surface area contributed by atoms with Gasteiger partial charge in [-0.05, 0) is 24.0 Å². The SMILES string of the molecule is O=C(CSc1nnc2n1CCCCC2)NN1C(=O)NC(c2ccccc2)(c2ccccc2)C1=O. The van der Waals surface area contributed by atoms with E-state index in [1.165, 1.54) is 11.8 Å². The highest BCUT2D eigenvalue weighted by atomic mass is 32.2. The summed E-state index contributed by atoms with van der Waals surface area (Å²) >= 11 is 1.25. The summed E-state index contributed by atoms with van der Waals surface area (Å²) in [6, 6.07) is 17.3. The molecule has 0 aliphatic carbocycles. The molecule has 2 aliphatic heterocycles. The zero-order chi connectivity index (χ0) is 23.5. The van der Waals surface area contributed by atoms with Gasteiger partial charge in [0.05, 0.1) is 5.75 Å².